The Morgan fingerprint density at radius 3 is 2.58 bits per heavy atom. The van der Waals surface area contributed by atoms with Crippen molar-refractivity contribution in [3.8, 4) is 0 Å². The topological polar surface area (TPSA) is 49.6 Å². The van der Waals surface area contributed by atoms with Crippen molar-refractivity contribution in [1.82, 2.24) is 9.80 Å². The number of rotatable bonds is 1. The highest BCUT2D eigenvalue weighted by atomic mass is 16.2. The largest absolute Gasteiger partial charge is 0.340 e. The number of fused-ring (bicyclic) bond motifs is 1. The molecule has 0 spiro atoms. The van der Waals surface area contributed by atoms with E-state index in [2.05, 4.69) is 9.80 Å². The summed E-state index contributed by atoms with van der Waals surface area (Å²) in [5, 5.41) is 0. The summed E-state index contributed by atoms with van der Waals surface area (Å²) in [4.78, 5) is 17.4. The molecule has 4 heteroatoms. The molecular weight excluding hydrogens is 238 g/mol. The summed E-state index contributed by atoms with van der Waals surface area (Å²) < 4.78 is 0. The molecule has 1 aliphatic carbocycles. The van der Waals surface area contributed by atoms with Crippen LogP contribution in [0.2, 0.25) is 0 Å². The van der Waals surface area contributed by atoms with Crippen molar-refractivity contribution in [2.45, 2.75) is 57.0 Å². The van der Waals surface area contributed by atoms with Crippen LogP contribution in [0.4, 0.5) is 0 Å². The molecular formula is C15H27N3O. The summed E-state index contributed by atoms with van der Waals surface area (Å²) in [6.07, 6.45) is 8.32. The lowest BCUT2D eigenvalue weighted by Crippen LogP contribution is -2.58. The molecule has 4 nitrogen and oxygen atoms in total. The Bertz CT molecular complexity index is 333. The molecule has 3 aliphatic rings. The van der Waals surface area contributed by atoms with Gasteiger partial charge in [-0.3, -0.25) is 9.69 Å². The summed E-state index contributed by atoms with van der Waals surface area (Å²) in [5.41, 5.74) is 6.16. The van der Waals surface area contributed by atoms with Crippen molar-refractivity contribution >= 4 is 5.91 Å². The number of carbonyl (C=O) groups is 1. The highest BCUT2D eigenvalue weighted by Crippen LogP contribution is 2.27. The van der Waals surface area contributed by atoms with Gasteiger partial charge in [-0.2, -0.15) is 0 Å². The van der Waals surface area contributed by atoms with Gasteiger partial charge in [0.1, 0.15) is 0 Å². The third kappa shape index (κ3) is 2.79. The Labute approximate surface area is 116 Å². The van der Waals surface area contributed by atoms with Gasteiger partial charge >= 0.3 is 0 Å². The van der Waals surface area contributed by atoms with Crippen LogP contribution in [0.3, 0.4) is 0 Å². The molecule has 2 aliphatic heterocycles. The first kappa shape index (κ1) is 13.4. The van der Waals surface area contributed by atoms with Gasteiger partial charge < -0.3 is 10.6 Å². The smallest absolute Gasteiger partial charge is 0.227 e. The second kappa shape index (κ2) is 5.80. The minimum Gasteiger partial charge on any atom is -0.340 e. The third-order valence-electron chi connectivity index (χ3n) is 5.29. The lowest BCUT2D eigenvalue weighted by molar-refractivity contribution is -0.140. The van der Waals surface area contributed by atoms with Gasteiger partial charge in [-0.15, -0.1) is 0 Å². The highest BCUT2D eigenvalue weighted by Gasteiger charge is 2.36. The normalized spacial score (nSPS) is 36.9. The van der Waals surface area contributed by atoms with E-state index in [0.717, 1.165) is 32.5 Å². The molecule has 1 saturated carbocycles. The molecule has 0 aromatic rings. The number of piperazine rings is 1. The number of hydrogen-bond acceptors (Lipinski definition) is 3. The Hall–Kier alpha value is -0.610. The molecule has 3 unspecified atom stereocenters. The zero-order chi connectivity index (χ0) is 13.2. The van der Waals surface area contributed by atoms with E-state index in [4.69, 9.17) is 5.73 Å². The maximum absolute atomic E-state index is 12.7. The summed E-state index contributed by atoms with van der Waals surface area (Å²) in [6.45, 7) is 4.16. The van der Waals surface area contributed by atoms with Crippen LogP contribution in [0.1, 0.15) is 44.9 Å². The number of hydrogen-bond donors (Lipinski definition) is 1. The van der Waals surface area contributed by atoms with Crippen LogP contribution in [-0.2, 0) is 4.79 Å². The highest BCUT2D eigenvalue weighted by molar-refractivity contribution is 5.79. The van der Waals surface area contributed by atoms with Crippen LogP contribution in [0, 0.1) is 5.92 Å². The predicted octanol–water partition coefficient (Wildman–Crippen LogP) is 1.20. The van der Waals surface area contributed by atoms with E-state index in [9.17, 15) is 4.79 Å². The van der Waals surface area contributed by atoms with Crippen LogP contribution in [-0.4, -0.2) is 54.0 Å². The summed E-state index contributed by atoms with van der Waals surface area (Å²) in [7, 11) is 0. The molecule has 2 heterocycles. The predicted molar refractivity (Wildman–Crippen MR) is 75.7 cm³/mol. The summed E-state index contributed by atoms with van der Waals surface area (Å²) in [5.74, 6) is 0.446. The van der Waals surface area contributed by atoms with Crippen molar-refractivity contribution in [2.75, 3.05) is 26.2 Å². The fraction of sp³-hybridized carbons (Fsp3) is 0.933. The molecule has 0 radical (unpaired) electrons. The number of nitrogens with two attached hydrogens (primary N) is 1. The molecule has 108 valence electrons. The van der Waals surface area contributed by atoms with Crippen molar-refractivity contribution in [3.63, 3.8) is 0 Å². The first-order chi connectivity index (χ1) is 9.25. The maximum Gasteiger partial charge on any atom is 0.227 e. The third-order valence-corrected chi connectivity index (χ3v) is 5.29. The standard InChI is InChI=1S/C15H27N3O/c16-14-7-2-1-6-13(14)15(19)18-10-9-17-8-4-3-5-12(17)11-18/h12-14H,1-11,16H2. The maximum atomic E-state index is 12.7. The number of amides is 1. The van der Waals surface area contributed by atoms with Crippen LogP contribution < -0.4 is 5.73 Å². The van der Waals surface area contributed by atoms with Gasteiger partial charge in [0.15, 0.2) is 0 Å². The minimum atomic E-state index is 0.101. The van der Waals surface area contributed by atoms with Crippen molar-refractivity contribution in [1.29, 1.82) is 0 Å². The van der Waals surface area contributed by atoms with E-state index < -0.39 is 0 Å². The lowest BCUT2D eigenvalue weighted by Gasteiger charge is -2.45. The van der Waals surface area contributed by atoms with Gasteiger partial charge in [-0.05, 0) is 32.2 Å². The number of carbonyl (C=O) groups excluding carboxylic acids is 1. The summed E-state index contributed by atoms with van der Waals surface area (Å²) >= 11 is 0. The Morgan fingerprint density at radius 2 is 1.74 bits per heavy atom. The first-order valence-electron chi connectivity index (χ1n) is 8.04. The first-order valence-corrected chi connectivity index (χ1v) is 8.04. The second-order valence-corrected chi connectivity index (χ2v) is 6.52. The molecule has 0 aromatic carbocycles. The number of nitrogens with zero attached hydrogens (tertiary/aromatic N) is 2. The fourth-order valence-corrected chi connectivity index (χ4v) is 4.06. The molecule has 2 saturated heterocycles. The van der Waals surface area contributed by atoms with Crippen LogP contribution >= 0.6 is 0 Å². The van der Waals surface area contributed by atoms with E-state index in [1.807, 2.05) is 0 Å². The zero-order valence-corrected chi connectivity index (χ0v) is 11.9. The molecule has 3 rings (SSSR count). The fourth-order valence-electron chi connectivity index (χ4n) is 4.06. The van der Waals surface area contributed by atoms with Crippen LogP contribution in [0.5, 0.6) is 0 Å². The van der Waals surface area contributed by atoms with Crippen molar-refractivity contribution in [2.24, 2.45) is 11.7 Å². The van der Waals surface area contributed by atoms with Gasteiger partial charge in [0.25, 0.3) is 0 Å². The Morgan fingerprint density at radius 1 is 0.947 bits per heavy atom. The van der Waals surface area contributed by atoms with E-state index in [0.29, 0.717) is 11.9 Å². The van der Waals surface area contributed by atoms with Crippen molar-refractivity contribution in [3.05, 3.63) is 0 Å². The molecule has 1 amide bonds. The van der Waals surface area contributed by atoms with Crippen molar-refractivity contribution < 1.29 is 4.79 Å². The Balaban J connectivity index is 1.60. The van der Waals surface area contributed by atoms with Gasteiger partial charge in [-0.25, -0.2) is 0 Å². The van der Waals surface area contributed by atoms with E-state index in [1.165, 1.54) is 38.6 Å². The average Bonchev–Trinajstić information content (AvgIpc) is 2.46. The van der Waals surface area contributed by atoms with E-state index >= 15 is 0 Å². The SMILES string of the molecule is NC1CCCCC1C(=O)N1CCN2CCCCC2C1. The van der Waals surface area contributed by atoms with E-state index in [-0.39, 0.29) is 12.0 Å². The van der Waals surface area contributed by atoms with Gasteiger partial charge in [0.2, 0.25) is 5.91 Å². The molecule has 2 N–H and O–H groups in total. The minimum absolute atomic E-state index is 0.101. The monoisotopic (exact) mass is 265 g/mol. The summed E-state index contributed by atoms with van der Waals surface area (Å²) in [6, 6.07) is 0.719. The van der Waals surface area contributed by atoms with Crippen LogP contribution in [0.25, 0.3) is 0 Å². The Kier molecular flexibility index (Phi) is 4.08. The van der Waals surface area contributed by atoms with E-state index in [1.54, 1.807) is 0 Å². The number of piperidine rings is 1. The van der Waals surface area contributed by atoms with Gasteiger partial charge in [0, 0.05) is 31.7 Å². The molecule has 3 fully saturated rings. The van der Waals surface area contributed by atoms with Crippen LogP contribution in [0.15, 0.2) is 0 Å². The van der Waals surface area contributed by atoms with Gasteiger partial charge in [0.05, 0.1) is 5.92 Å². The molecule has 0 bridgehead atoms. The zero-order valence-electron chi connectivity index (χ0n) is 11.9. The lowest BCUT2D eigenvalue weighted by atomic mass is 9.83. The molecule has 19 heavy (non-hydrogen) atoms. The average molecular weight is 265 g/mol. The quantitative estimate of drug-likeness (QED) is 0.775. The molecule has 3 atom stereocenters. The molecule has 0 aromatic heterocycles. The second-order valence-electron chi connectivity index (χ2n) is 6.52. The van der Waals surface area contributed by atoms with Gasteiger partial charge in [-0.1, -0.05) is 19.3 Å².